The van der Waals surface area contributed by atoms with Gasteiger partial charge in [0, 0.05) is 30.8 Å². The number of nitrogens with two attached hydrogens (primary N) is 1. The maximum atomic E-state index is 10.2. The molecule has 1 heterocycles. The first kappa shape index (κ1) is 9.80. The molecule has 1 unspecified atom stereocenters. The molecule has 13 heavy (non-hydrogen) atoms. The summed E-state index contributed by atoms with van der Waals surface area (Å²) in [7, 11) is 0. The molecule has 4 nitrogen and oxygen atoms in total. The maximum absolute atomic E-state index is 10.2. The van der Waals surface area contributed by atoms with E-state index in [0.29, 0.717) is 12.8 Å². The lowest BCUT2D eigenvalue weighted by Crippen LogP contribution is -2.23. The molecule has 4 heteroatoms. The fraction of sp³-hybridized carbons (Fsp3) is 0.444. The summed E-state index contributed by atoms with van der Waals surface area (Å²) in [6.45, 7) is 0. The van der Waals surface area contributed by atoms with E-state index < -0.39 is 5.97 Å². The van der Waals surface area contributed by atoms with E-state index in [0.717, 1.165) is 5.69 Å². The number of aromatic nitrogens is 1. The van der Waals surface area contributed by atoms with Gasteiger partial charge in [-0.25, -0.2) is 0 Å². The molecule has 0 bridgehead atoms. The van der Waals surface area contributed by atoms with Crippen LogP contribution in [0.3, 0.4) is 0 Å². The quantitative estimate of drug-likeness (QED) is 0.628. The third kappa shape index (κ3) is 3.75. The highest BCUT2D eigenvalue weighted by Gasteiger charge is 2.06. The lowest BCUT2D eigenvalue weighted by molar-refractivity contribution is -0.137. The molecule has 1 rings (SSSR count). The zero-order valence-electron chi connectivity index (χ0n) is 7.36. The maximum Gasteiger partial charge on any atom is 0.303 e. The van der Waals surface area contributed by atoms with E-state index >= 15 is 0 Å². The number of carboxylic acids is 1. The summed E-state index contributed by atoms with van der Waals surface area (Å²) in [6, 6.07) is 3.77. The van der Waals surface area contributed by atoms with E-state index in [-0.39, 0.29) is 12.5 Å². The minimum Gasteiger partial charge on any atom is -0.481 e. The van der Waals surface area contributed by atoms with E-state index in [1.807, 2.05) is 18.3 Å². The highest BCUT2D eigenvalue weighted by molar-refractivity contribution is 5.66. The fourth-order valence-corrected chi connectivity index (χ4v) is 1.19. The van der Waals surface area contributed by atoms with Gasteiger partial charge in [-0.3, -0.25) is 4.79 Å². The van der Waals surface area contributed by atoms with Gasteiger partial charge in [0.15, 0.2) is 0 Å². The number of hydrogen-bond donors (Lipinski definition) is 3. The molecule has 0 saturated heterocycles. The largest absolute Gasteiger partial charge is 0.481 e. The Morgan fingerprint density at radius 3 is 3.00 bits per heavy atom. The van der Waals surface area contributed by atoms with E-state index in [4.69, 9.17) is 10.8 Å². The average Bonchev–Trinajstić information content (AvgIpc) is 2.53. The Balaban J connectivity index is 2.25. The lowest BCUT2D eigenvalue weighted by Gasteiger charge is -2.07. The predicted octanol–water partition coefficient (Wildman–Crippen LogP) is 0.749. The first-order chi connectivity index (χ1) is 6.18. The average molecular weight is 182 g/mol. The molecular formula is C9H14N2O2. The highest BCUT2D eigenvalue weighted by Crippen LogP contribution is 2.03. The highest BCUT2D eigenvalue weighted by atomic mass is 16.4. The smallest absolute Gasteiger partial charge is 0.303 e. The van der Waals surface area contributed by atoms with Crippen molar-refractivity contribution in [3.8, 4) is 0 Å². The van der Waals surface area contributed by atoms with Crippen LogP contribution in [0.1, 0.15) is 18.5 Å². The monoisotopic (exact) mass is 182 g/mol. The fourth-order valence-electron chi connectivity index (χ4n) is 1.19. The van der Waals surface area contributed by atoms with Crippen LogP contribution in [0.4, 0.5) is 0 Å². The van der Waals surface area contributed by atoms with Gasteiger partial charge < -0.3 is 15.8 Å². The predicted molar refractivity (Wildman–Crippen MR) is 49.3 cm³/mol. The Labute approximate surface area is 76.8 Å². The summed E-state index contributed by atoms with van der Waals surface area (Å²) in [5.74, 6) is -0.790. The zero-order chi connectivity index (χ0) is 9.68. The van der Waals surface area contributed by atoms with Gasteiger partial charge in [0.25, 0.3) is 0 Å². The molecule has 0 spiro atoms. The standard InChI is InChI=1S/C9H14N2O2/c10-7(3-4-9(12)13)6-8-2-1-5-11-8/h1-2,5,7,11H,3-4,6,10H2,(H,12,13). The van der Waals surface area contributed by atoms with Crippen LogP contribution in [0, 0.1) is 0 Å². The molecule has 72 valence electrons. The SMILES string of the molecule is NC(CCC(=O)O)Cc1ccc[nH]1. The van der Waals surface area contributed by atoms with Crippen LogP contribution in [0.2, 0.25) is 0 Å². The second-order valence-electron chi connectivity index (χ2n) is 3.09. The Kier molecular flexibility index (Phi) is 3.52. The van der Waals surface area contributed by atoms with Crippen molar-refractivity contribution in [1.82, 2.24) is 4.98 Å². The first-order valence-electron chi connectivity index (χ1n) is 4.28. The number of H-pyrrole nitrogens is 1. The van der Waals surface area contributed by atoms with Gasteiger partial charge >= 0.3 is 5.97 Å². The minimum absolute atomic E-state index is 0.0743. The third-order valence-electron chi connectivity index (χ3n) is 1.87. The molecule has 0 fully saturated rings. The number of carboxylic acid groups (broad SMARTS) is 1. The minimum atomic E-state index is -0.790. The topological polar surface area (TPSA) is 79.1 Å². The van der Waals surface area contributed by atoms with Crippen LogP contribution in [-0.2, 0) is 11.2 Å². The van der Waals surface area contributed by atoms with Crippen molar-refractivity contribution < 1.29 is 9.90 Å². The van der Waals surface area contributed by atoms with Gasteiger partial charge in [0.1, 0.15) is 0 Å². The summed E-state index contributed by atoms with van der Waals surface area (Å²) in [4.78, 5) is 13.3. The van der Waals surface area contributed by atoms with Gasteiger partial charge in [0.2, 0.25) is 0 Å². The van der Waals surface area contributed by atoms with Crippen molar-refractivity contribution in [3.63, 3.8) is 0 Å². The molecule has 0 amide bonds. The van der Waals surface area contributed by atoms with Crippen molar-refractivity contribution in [3.05, 3.63) is 24.0 Å². The summed E-state index contributed by atoms with van der Waals surface area (Å²) < 4.78 is 0. The Hall–Kier alpha value is -1.29. The van der Waals surface area contributed by atoms with Crippen molar-refractivity contribution in [2.24, 2.45) is 5.73 Å². The summed E-state index contributed by atoms with van der Waals surface area (Å²) in [6.07, 6.45) is 3.20. The molecule has 0 aliphatic carbocycles. The van der Waals surface area contributed by atoms with Crippen LogP contribution in [0.5, 0.6) is 0 Å². The van der Waals surface area contributed by atoms with Crippen LogP contribution in [-0.4, -0.2) is 22.1 Å². The molecular weight excluding hydrogens is 168 g/mol. The Morgan fingerprint density at radius 1 is 1.69 bits per heavy atom. The zero-order valence-corrected chi connectivity index (χ0v) is 7.36. The molecule has 0 radical (unpaired) electrons. The number of aromatic amines is 1. The molecule has 0 aliphatic rings. The van der Waals surface area contributed by atoms with Gasteiger partial charge in [-0.05, 0) is 18.6 Å². The summed E-state index contributed by atoms with van der Waals surface area (Å²) in [5.41, 5.74) is 6.78. The molecule has 0 aromatic carbocycles. The van der Waals surface area contributed by atoms with Crippen LogP contribution >= 0.6 is 0 Å². The van der Waals surface area contributed by atoms with E-state index in [1.54, 1.807) is 0 Å². The van der Waals surface area contributed by atoms with Gasteiger partial charge in [-0.2, -0.15) is 0 Å². The first-order valence-corrected chi connectivity index (χ1v) is 4.28. The molecule has 1 aromatic heterocycles. The molecule has 4 N–H and O–H groups in total. The van der Waals surface area contributed by atoms with Gasteiger partial charge in [-0.1, -0.05) is 0 Å². The van der Waals surface area contributed by atoms with Crippen LogP contribution in [0.25, 0.3) is 0 Å². The van der Waals surface area contributed by atoms with Crippen molar-refractivity contribution in [1.29, 1.82) is 0 Å². The van der Waals surface area contributed by atoms with Gasteiger partial charge in [-0.15, -0.1) is 0 Å². The Morgan fingerprint density at radius 2 is 2.46 bits per heavy atom. The molecule has 0 saturated carbocycles. The molecule has 1 aromatic rings. The number of carbonyl (C=O) groups is 1. The normalized spacial score (nSPS) is 12.7. The Bertz CT molecular complexity index is 257. The van der Waals surface area contributed by atoms with E-state index in [9.17, 15) is 4.79 Å². The van der Waals surface area contributed by atoms with Crippen molar-refractivity contribution in [2.45, 2.75) is 25.3 Å². The lowest BCUT2D eigenvalue weighted by atomic mass is 10.1. The summed E-state index contributed by atoms with van der Waals surface area (Å²) in [5, 5.41) is 8.43. The van der Waals surface area contributed by atoms with Gasteiger partial charge in [0.05, 0.1) is 0 Å². The van der Waals surface area contributed by atoms with Crippen molar-refractivity contribution in [2.75, 3.05) is 0 Å². The van der Waals surface area contributed by atoms with Crippen molar-refractivity contribution >= 4 is 5.97 Å². The molecule has 0 aliphatic heterocycles. The third-order valence-corrected chi connectivity index (χ3v) is 1.87. The number of rotatable bonds is 5. The molecule has 1 atom stereocenters. The number of nitrogens with one attached hydrogen (secondary N) is 1. The number of hydrogen-bond acceptors (Lipinski definition) is 2. The van der Waals surface area contributed by atoms with E-state index in [1.165, 1.54) is 0 Å². The van der Waals surface area contributed by atoms with Crippen LogP contribution in [0.15, 0.2) is 18.3 Å². The van der Waals surface area contributed by atoms with E-state index in [2.05, 4.69) is 4.98 Å². The second kappa shape index (κ2) is 4.67. The second-order valence-corrected chi connectivity index (χ2v) is 3.09. The summed E-state index contributed by atoms with van der Waals surface area (Å²) >= 11 is 0. The van der Waals surface area contributed by atoms with Crippen LogP contribution < -0.4 is 5.73 Å². The number of aliphatic carboxylic acids is 1.